The molecule has 1 saturated heterocycles. The zero-order valence-corrected chi connectivity index (χ0v) is 18.0. The summed E-state index contributed by atoms with van der Waals surface area (Å²) in [6, 6.07) is 11.3. The summed E-state index contributed by atoms with van der Waals surface area (Å²) in [5.41, 5.74) is 8.89. The Morgan fingerprint density at radius 1 is 1.16 bits per heavy atom. The van der Waals surface area contributed by atoms with Crippen LogP contribution in [0.25, 0.3) is 16.3 Å². The number of ether oxygens (including phenoxy) is 1. The zero-order chi connectivity index (χ0) is 22.3. The van der Waals surface area contributed by atoms with Crippen molar-refractivity contribution >= 4 is 34.3 Å². The summed E-state index contributed by atoms with van der Waals surface area (Å²) in [5, 5.41) is 4.80. The standard InChI is InChI=1S/C24H26N6O2/c1-26-14-21(13-25)17-2-3-19-15-28-23(12-20(19)10-17)29-24(31)18-4-5-27-22(11-18)16-30-6-8-32-9-7-30/h2-5,10-15H,6-9,16,25H2,1H3,(H,28,29,31). The summed E-state index contributed by atoms with van der Waals surface area (Å²) in [7, 11) is 1.70. The van der Waals surface area contributed by atoms with Crippen LogP contribution >= 0.6 is 0 Å². The molecule has 1 aliphatic heterocycles. The van der Waals surface area contributed by atoms with E-state index in [0.29, 0.717) is 17.9 Å². The molecule has 0 atom stereocenters. The van der Waals surface area contributed by atoms with Crippen molar-refractivity contribution < 1.29 is 9.53 Å². The van der Waals surface area contributed by atoms with Gasteiger partial charge in [-0.2, -0.15) is 0 Å². The number of hydrogen-bond donors (Lipinski definition) is 2. The SMILES string of the molecule is CN=CC(=CN)c1ccc2cnc(NC(=O)c3ccnc(CN4CCOCC4)c3)cc2c1. The number of fused-ring (bicyclic) bond motifs is 1. The van der Waals surface area contributed by atoms with Crippen LogP contribution in [0.4, 0.5) is 5.82 Å². The minimum absolute atomic E-state index is 0.223. The lowest BCUT2D eigenvalue weighted by Gasteiger charge is -2.26. The number of aromatic nitrogens is 2. The van der Waals surface area contributed by atoms with Crippen molar-refractivity contribution in [2.45, 2.75) is 6.54 Å². The number of nitrogens with zero attached hydrogens (tertiary/aromatic N) is 4. The highest BCUT2D eigenvalue weighted by Crippen LogP contribution is 2.22. The lowest BCUT2D eigenvalue weighted by Crippen LogP contribution is -2.35. The lowest BCUT2D eigenvalue weighted by atomic mass is 10.0. The van der Waals surface area contributed by atoms with Crippen LogP contribution in [-0.2, 0) is 11.3 Å². The van der Waals surface area contributed by atoms with Crippen LogP contribution < -0.4 is 11.1 Å². The monoisotopic (exact) mass is 430 g/mol. The molecule has 0 radical (unpaired) electrons. The summed E-state index contributed by atoms with van der Waals surface area (Å²) in [6.45, 7) is 3.88. The number of carbonyl (C=O) groups is 1. The fourth-order valence-corrected chi connectivity index (χ4v) is 3.62. The zero-order valence-electron chi connectivity index (χ0n) is 18.0. The van der Waals surface area contributed by atoms with Gasteiger partial charge >= 0.3 is 0 Å². The Morgan fingerprint density at radius 3 is 2.78 bits per heavy atom. The number of pyridine rings is 2. The first-order valence-electron chi connectivity index (χ1n) is 10.5. The molecule has 1 fully saturated rings. The molecule has 8 heteroatoms. The van der Waals surface area contributed by atoms with Gasteiger partial charge in [-0.3, -0.25) is 19.7 Å². The summed E-state index contributed by atoms with van der Waals surface area (Å²) in [6.07, 6.45) is 6.64. The number of nitrogens with two attached hydrogens (primary N) is 1. The van der Waals surface area contributed by atoms with Gasteiger partial charge in [0.1, 0.15) is 5.82 Å². The molecule has 0 spiro atoms. The van der Waals surface area contributed by atoms with E-state index < -0.39 is 0 Å². The molecule has 1 amide bonds. The second kappa shape index (κ2) is 10.1. The second-order valence-corrected chi connectivity index (χ2v) is 7.52. The van der Waals surface area contributed by atoms with Gasteiger partial charge in [-0.05, 0) is 35.2 Å². The highest BCUT2D eigenvalue weighted by molar-refractivity contribution is 6.10. The molecule has 3 heterocycles. The van der Waals surface area contributed by atoms with Gasteiger partial charge in [-0.25, -0.2) is 4.98 Å². The predicted octanol–water partition coefficient (Wildman–Crippen LogP) is 2.71. The third kappa shape index (κ3) is 5.16. The minimum atomic E-state index is -0.223. The van der Waals surface area contributed by atoms with Gasteiger partial charge in [0.25, 0.3) is 5.91 Å². The quantitative estimate of drug-likeness (QED) is 0.583. The van der Waals surface area contributed by atoms with Crippen molar-refractivity contribution in [1.29, 1.82) is 0 Å². The van der Waals surface area contributed by atoms with E-state index in [1.54, 1.807) is 31.7 Å². The van der Waals surface area contributed by atoms with Crippen molar-refractivity contribution in [3.05, 3.63) is 71.8 Å². The maximum absolute atomic E-state index is 12.8. The van der Waals surface area contributed by atoms with Crippen LogP contribution in [0, 0.1) is 0 Å². The number of carbonyl (C=O) groups excluding carboxylic acids is 1. The van der Waals surface area contributed by atoms with E-state index >= 15 is 0 Å². The van der Waals surface area contributed by atoms with E-state index in [2.05, 4.69) is 25.2 Å². The number of amides is 1. The van der Waals surface area contributed by atoms with Crippen molar-refractivity contribution in [2.75, 3.05) is 38.7 Å². The summed E-state index contributed by atoms with van der Waals surface area (Å²) >= 11 is 0. The largest absolute Gasteiger partial charge is 0.404 e. The normalized spacial score (nSPS) is 15.3. The van der Waals surface area contributed by atoms with Crippen molar-refractivity contribution in [1.82, 2.24) is 14.9 Å². The maximum atomic E-state index is 12.8. The number of aliphatic imine (C=N–C) groups is 1. The van der Waals surface area contributed by atoms with Gasteiger partial charge < -0.3 is 15.8 Å². The van der Waals surface area contributed by atoms with Crippen LogP contribution in [0.2, 0.25) is 0 Å². The number of hydrogen-bond acceptors (Lipinski definition) is 7. The second-order valence-electron chi connectivity index (χ2n) is 7.52. The summed E-state index contributed by atoms with van der Waals surface area (Å²) in [4.78, 5) is 27.9. The molecule has 0 unspecified atom stereocenters. The lowest BCUT2D eigenvalue weighted by molar-refractivity contribution is 0.0336. The van der Waals surface area contributed by atoms with Gasteiger partial charge in [-0.15, -0.1) is 0 Å². The van der Waals surface area contributed by atoms with Gasteiger partial charge in [0.05, 0.1) is 18.9 Å². The number of rotatable bonds is 6. The number of nitrogens with one attached hydrogen (secondary N) is 1. The van der Waals surface area contributed by atoms with Crippen molar-refractivity contribution in [3.63, 3.8) is 0 Å². The first kappa shape index (κ1) is 21.6. The third-order valence-electron chi connectivity index (χ3n) is 5.31. The third-order valence-corrected chi connectivity index (χ3v) is 5.31. The van der Waals surface area contributed by atoms with Crippen LogP contribution in [-0.4, -0.2) is 60.3 Å². The fraction of sp³-hybridized carbons (Fsp3) is 0.250. The van der Waals surface area contributed by atoms with E-state index in [4.69, 9.17) is 10.5 Å². The maximum Gasteiger partial charge on any atom is 0.256 e. The van der Waals surface area contributed by atoms with Gasteiger partial charge in [-0.1, -0.05) is 12.1 Å². The molecule has 1 aliphatic rings. The number of benzene rings is 1. The first-order valence-corrected chi connectivity index (χ1v) is 10.5. The molecule has 0 aliphatic carbocycles. The molecule has 3 aromatic rings. The van der Waals surface area contributed by atoms with Crippen LogP contribution in [0.1, 0.15) is 21.6 Å². The Morgan fingerprint density at radius 2 is 2.00 bits per heavy atom. The van der Waals surface area contributed by atoms with E-state index in [-0.39, 0.29) is 5.91 Å². The molecule has 0 bridgehead atoms. The molecule has 4 rings (SSSR count). The Hall–Kier alpha value is -3.62. The number of anilines is 1. The fourth-order valence-electron chi connectivity index (χ4n) is 3.62. The average molecular weight is 431 g/mol. The summed E-state index contributed by atoms with van der Waals surface area (Å²) < 4.78 is 5.39. The first-order chi connectivity index (χ1) is 15.7. The molecule has 0 saturated carbocycles. The Bertz CT molecular complexity index is 1170. The predicted molar refractivity (Wildman–Crippen MR) is 127 cm³/mol. The molecule has 3 N–H and O–H groups in total. The Labute approximate surface area is 186 Å². The molecule has 32 heavy (non-hydrogen) atoms. The molecular weight excluding hydrogens is 404 g/mol. The molecule has 2 aromatic heterocycles. The molecular formula is C24H26N6O2. The van der Waals surface area contributed by atoms with Crippen LogP contribution in [0.3, 0.4) is 0 Å². The molecule has 1 aromatic carbocycles. The smallest absolute Gasteiger partial charge is 0.256 e. The van der Waals surface area contributed by atoms with Crippen LogP contribution in [0.15, 0.2) is 60.0 Å². The van der Waals surface area contributed by atoms with E-state index in [0.717, 1.165) is 53.9 Å². The summed E-state index contributed by atoms with van der Waals surface area (Å²) in [5.74, 6) is 0.257. The Kier molecular flexibility index (Phi) is 6.84. The molecule has 164 valence electrons. The average Bonchev–Trinajstić information content (AvgIpc) is 2.83. The van der Waals surface area contributed by atoms with E-state index in [9.17, 15) is 4.79 Å². The Balaban J connectivity index is 1.51. The van der Waals surface area contributed by atoms with Gasteiger partial charge in [0.15, 0.2) is 0 Å². The van der Waals surface area contributed by atoms with Gasteiger partial charge in [0, 0.05) is 68.0 Å². The minimum Gasteiger partial charge on any atom is -0.404 e. The number of morpholine rings is 1. The topological polar surface area (TPSA) is 106 Å². The number of allylic oxidation sites excluding steroid dienone is 1. The highest BCUT2D eigenvalue weighted by atomic mass is 16.5. The van der Waals surface area contributed by atoms with Crippen molar-refractivity contribution in [2.24, 2.45) is 10.7 Å². The molecule has 8 nitrogen and oxygen atoms in total. The van der Waals surface area contributed by atoms with Crippen LogP contribution in [0.5, 0.6) is 0 Å². The van der Waals surface area contributed by atoms with Gasteiger partial charge in [0.2, 0.25) is 0 Å². The van der Waals surface area contributed by atoms with Crippen molar-refractivity contribution in [3.8, 4) is 0 Å². The highest BCUT2D eigenvalue weighted by Gasteiger charge is 2.14. The van der Waals surface area contributed by atoms with E-state index in [1.807, 2.05) is 30.3 Å². The van der Waals surface area contributed by atoms with E-state index in [1.165, 1.54) is 6.20 Å².